The molecule has 4 aromatic carbocycles. The maximum Gasteiger partial charge on any atom is 0.150 e. The van der Waals surface area contributed by atoms with E-state index in [1.54, 1.807) is 0 Å². The Morgan fingerprint density at radius 2 is 1.36 bits per heavy atom. The summed E-state index contributed by atoms with van der Waals surface area (Å²) in [5.41, 5.74) is 5.78. The Morgan fingerprint density at radius 1 is 0.643 bits per heavy atom. The van der Waals surface area contributed by atoms with Gasteiger partial charge in [0.15, 0.2) is 6.29 Å². The second kappa shape index (κ2) is 8.36. The number of carbonyl (C=O) groups is 1. The van der Waals surface area contributed by atoms with Crippen molar-refractivity contribution in [2.45, 2.75) is 6.61 Å². The summed E-state index contributed by atoms with van der Waals surface area (Å²) < 4.78 is 5.93. The van der Waals surface area contributed by atoms with Crippen LogP contribution in [0.5, 0.6) is 5.75 Å². The summed E-state index contributed by atoms with van der Waals surface area (Å²) in [6, 6.07) is 34.0. The molecule has 28 heavy (non-hydrogen) atoms. The first-order chi connectivity index (χ1) is 13.8. The average Bonchev–Trinajstić information content (AvgIpc) is 2.79. The van der Waals surface area contributed by atoms with Gasteiger partial charge in [-0.15, -0.1) is 0 Å². The lowest BCUT2D eigenvalue weighted by Gasteiger charge is -2.11. The maximum atomic E-state index is 11.7. The fraction of sp³-hybridized carbons (Fsp3) is 0.0385. The summed E-state index contributed by atoms with van der Waals surface area (Å²) >= 11 is 0. The largest absolute Gasteiger partial charge is 0.489 e. The number of hydrogen-bond donors (Lipinski definition) is 0. The van der Waals surface area contributed by atoms with Crippen LogP contribution < -0.4 is 4.74 Å². The molecular formula is C26H20O2. The molecule has 0 radical (unpaired) electrons. The zero-order chi connectivity index (χ0) is 19.2. The maximum absolute atomic E-state index is 11.7. The second-order valence-corrected chi connectivity index (χ2v) is 6.59. The molecule has 4 rings (SSSR count). The van der Waals surface area contributed by atoms with Gasteiger partial charge in [0, 0.05) is 5.56 Å². The third-order valence-corrected chi connectivity index (χ3v) is 4.68. The molecule has 0 amide bonds. The van der Waals surface area contributed by atoms with Crippen LogP contribution in [0.4, 0.5) is 0 Å². The van der Waals surface area contributed by atoms with Crippen LogP contribution in [0.1, 0.15) is 15.9 Å². The molecule has 0 aliphatic carbocycles. The Bertz CT molecular complexity index is 1070. The molecule has 2 nitrogen and oxygen atoms in total. The summed E-state index contributed by atoms with van der Waals surface area (Å²) in [5, 5.41) is 0. The van der Waals surface area contributed by atoms with Gasteiger partial charge in [-0.3, -0.25) is 4.79 Å². The molecule has 4 aromatic rings. The zero-order valence-corrected chi connectivity index (χ0v) is 15.4. The van der Waals surface area contributed by atoms with Crippen LogP contribution in [0.3, 0.4) is 0 Å². The summed E-state index contributed by atoms with van der Waals surface area (Å²) in [6.07, 6.45) is 0.916. The molecule has 0 aromatic heterocycles. The van der Waals surface area contributed by atoms with E-state index in [1.165, 1.54) is 0 Å². The quantitative estimate of drug-likeness (QED) is 0.369. The Labute approximate surface area is 165 Å². The Morgan fingerprint density at radius 3 is 2.11 bits per heavy atom. The first-order valence-electron chi connectivity index (χ1n) is 9.25. The van der Waals surface area contributed by atoms with E-state index in [9.17, 15) is 4.79 Å². The highest BCUT2D eigenvalue weighted by Crippen LogP contribution is 2.30. The minimum absolute atomic E-state index is 0.512. The molecule has 0 unspecified atom stereocenters. The number of hydrogen-bond acceptors (Lipinski definition) is 2. The molecular weight excluding hydrogens is 344 g/mol. The molecule has 0 fully saturated rings. The van der Waals surface area contributed by atoms with Gasteiger partial charge < -0.3 is 4.74 Å². The predicted molar refractivity (Wildman–Crippen MR) is 113 cm³/mol. The second-order valence-electron chi connectivity index (χ2n) is 6.59. The Kier molecular flexibility index (Phi) is 5.30. The minimum atomic E-state index is 0.512. The van der Waals surface area contributed by atoms with Crippen LogP contribution in [-0.4, -0.2) is 6.29 Å². The van der Waals surface area contributed by atoms with Crippen molar-refractivity contribution in [3.05, 3.63) is 114 Å². The van der Waals surface area contributed by atoms with E-state index in [-0.39, 0.29) is 0 Å². The lowest BCUT2D eigenvalue weighted by Crippen LogP contribution is -1.95. The van der Waals surface area contributed by atoms with Gasteiger partial charge in [-0.05, 0) is 46.0 Å². The lowest BCUT2D eigenvalue weighted by molar-refractivity contribution is 0.112. The van der Waals surface area contributed by atoms with Gasteiger partial charge >= 0.3 is 0 Å². The van der Waals surface area contributed by atoms with Crippen LogP contribution in [0, 0.1) is 0 Å². The van der Waals surface area contributed by atoms with Crippen molar-refractivity contribution in [3.63, 3.8) is 0 Å². The van der Waals surface area contributed by atoms with E-state index >= 15 is 0 Å². The standard InChI is InChI=1S/C26H20O2/c27-18-24-16-22(21-10-5-2-6-11-21)14-15-26(24)23-12-7-13-25(17-23)28-19-20-8-3-1-4-9-20/h1-18H,19H2. The number of carbonyl (C=O) groups excluding carboxylic acids is 1. The van der Waals surface area contributed by atoms with Crippen molar-refractivity contribution in [2.24, 2.45) is 0 Å². The van der Waals surface area contributed by atoms with Crippen LogP contribution >= 0.6 is 0 Å². The molecule has 0 saturated carbocycles. The highest BCUT2D eigenvalue weighted by Gasteiger charge is 2.08. The molecule has 136 valence electrons. The molecule has 0 bridgehead atoms. The first kappa shape index (κ1) is 17.7. The summed E-state index contributed by atoms with van der Waals surface area (Å²) in [6.45, 7) is 0.512. The van der Waals surface area contributed by atoms with E-state index in [4.69, 9.17) is 4.74 Å². The molecule has 0 N–H and O–H groups in total. The summed E-state index contributed by atoms with van der Waals surface area (Å²) in [5.74, 6) is 0.783. The number of aldehydes is 1. The van der Waals surface area contributed by atoms with Gasteiger partial charge in [-0.25, -0.2) is 0 Å². The molecule has 0 atom stereocenters. The van der Waals surface area contributed by atoms with E-state index < -0.39 is 0 Å². The third kappa shape index (κ3) is 4.02. The fourth-order valence-electron chi connectivity index (χ4n) is 3.23. The summed E-state index contributed by atoms with van der Waals surface area (Å²) in [4.78, 5) is 11.7. The summed E-state index contributed by atoms with van der Waals surface area (Å²) in [7, 11) is 0. The van der Waals surface area contributed by atoms with Gasteiger partial charge in [-0.1, -0.05) is 84.9 Å². The lowest BCUT2D eigenvalue weighted by atomic mass is 9.95. The molecule has 0 aliphatic rings. The van der Waals surface area contributed by atoms with Crippen molar-refractivity contribution in [2.75, 3.05) is 0 Å². The third-order valence-electron chi connectivity index (χ3n) is 4.68. The van der Waals surface area contributed by atoms with E-state index in [0.717, 1.165) is 39.9 Å². The smallest absolute Gasteiger partial charge is 0.150 e. The van der Waals surface area contributed by atoms with Gasteiger partial charge in [-0.2, -0.15) is 0 Å². The topological polar surface area (TPSA) is 26.3 Å². The van der Waals surface area contributed by atoms with Crippen molar-refractivity contribution in [3.8, 4) is 28.0 Å². The monoisotopic (exact) mass is 364 g/mol. The molecule has 2 heteroatoms. The van der Waals surface area contributed by atoms with E-state index in [1.807, 2.05) is 97.1 Å². The van der Waals surface area contributed by atoms with Crippen LogP contribution in [-0.2, 0) is 6.61 Å². The average molecular weight is 364 g/mol. The van der Waals surface area contributed by atoms with Gasteiger partial charge in [0.1, 0.15) is 12.4 Å². The predicted octanol–water partition coefficient (Wildman–Crippen LogP) is 6.41. The van der Waals surface area contributed by atoms with Gasteiger partial charge in [0.2, 0.25) is 0 Å². The minimum Gasteiger partial charge on any atom is -0.489 e. The van der Waals surface area contributed by atoms with E-state index in [2.05, 4.69) is 6.07 Å². The van der Waals surface area contributed by atoms with Gasteiger partial charge in [0.25, 0.3) is 0 Å². The SMILES string of the molecule is O=Cc1cc(-c2ccccc2)ccc1-c1cccc(OCc2ccccc2)c1. The molecule has 0 saturated heterocycles. The van der Waals surface area contributed by atoms with E-state index in [0.29, 0.717) is 12.2 Å². The molecule has 0 heterocycles. The van der Waals surface area contributed by atoms with Crippen molar-refractivity contribution in [1.29, 1.82) is 0 Å². The van der Waals surface area contributed by atoms with Crippen LogP contribution in [0.2, 0.25) is 0 Å². The van der Waals surface area contributed by atoms with Crippen molar-refractivity contribution in [1.82, 2.24) is 0 Å². The van der Waals surface area contributed by atoms with Crippen LogP contribution in [0.25, 0.3) is 22.3 Å². The number of benzene rings is 4. The van der Waals surface area contributed by atoms with Crippen molar-refractivity contribution >= 4 is 6.29 Å². The number of rotatable bonds is 6. The van der Waals surface area contributed by atoms with Gasteiger partial charge in [0.05, 0.1) is 0 Å². The Balaban J connectivity index is 1.61. The fourth-order valence-corrected chi connectivity index (χ4v) is 3.23. The first-order valence-corrected chi connectivity index (χ1v) is 9.25. The highest BCUT2D eigenvalue weighted by molar-refractivity contribution is 5.90. The highest BCUT2D eigenvalue weighted by atomic mass is 16.5. The zero-order valence-electron chi connectivity index (χ0n) is 15.4. The van der Waals surface area contributed by atoms with Crippen molar-refractivity contribution < 1.29 is 9.53 Å². The van der Waals surface area contributed by atoms with Crippen LogP contribution in [0.15, 0.2) is 103 Å². The molecule has 0 aliphatic heterocycles. The molecule has 0 spiro atoms. The normalized spacial score (nSPS) is 10.4. The number of ether oxygens (including phenoxy) is 1. The Hall–Kier alpha value is -3.65.